The third kappa shape index (κ3) is 19.1. The molecular formula is C26H33CrKN2O10. The van der Waals surface area contributed by atoms with Crippen LogP contribution in [-0.2, 0) is 36.4 Å². The Morgan fingerprint density at radius 2 is 1.07 bits per heavy atom. The van der Waals surface area contributed by atoms with E-state index in [1.165, 1.54) is 0 Å². The van der Waals surface area contributed by atoms with E-state index >= 15 is 0 Å². The Kier molecular flexibility index (Phi) is 24.9. The van der Waals surface area contributed by atoms with Crippen molar-refractivity contribution in [2.45, 2.75) is 13.8 Å². The molecule has 0 atom stereocenters. The quantitative estimate of drug-likeness (QED) is 0.286. The molecular weight excluding hydrogens is 591 g/mol. The monoisotopic (exact) mass is 624 g/mol. The smallest absolute Gasteiger partial charge is 0.550 e. The van der Waals surface area contributed by atoms with E-state index in [0.29, 0.717) is 75.4 Å². The number of para-hydroxylation sites is 2. The number of aliphatic carboxylic acids is 2. The van der Waals surface area contributed by atoms with Crippen molar-refractivity contribution in [1.29, 1.82) is 0 Å². The van der Waals surface area contributed by atoms with E-state index in [2.05, 4.69) is 9.98 Å². The first-order chi connectivity index (χ1) is 18.2. The van der Waals surface area contributed by atoms with Gasteiger partial charge in [0.25, 0.3) is 5.97 Å². The molecule has 1 aliphatic heterocycles. The standard InChI is InChI=1S/C22H26N2O6.2C2H4O2.Cr.K/c25-21-17-3-1-5-19(21)29-13-11-27-9-10-28-12-14-30-20-6-2-4-18(22(20)26)16-24-8-7-23-15-17;2*1-2(3)4;;/h1-6,15-16,25-26H,7-14H2;2*1H3,(H,3,4);;/q;;;;+1/p-1. The van der Waals surface area contributed by atoms with Crippen LogP contribution in [0.1, 0.15) is 25.0 Å². The van der Waals surface area contributed by atoms with Crippen LogP contribution in [0.4, 0.5) is 0 Å². The second-order valence-corrected chi connectivity index (χ2v) is 7.39. The first kappa shape index (κ1) is 40.1. The van der Waals surface area contributed by atoms with Crippen molar-refractivity contribution < 1.29 is 118 Å². The van der Waals surface area contributed by atoms with Gasteiger partial charge in [-0.25, -0.2) is 0 Å². The van der Waals surface area contributed by atoms with Gasteiger partial charge in [-0.2, -0.15) is 0 Å². The van der Waals surface area contributed by atoms with Gasteiger partial charge in [-0.05, 0) is 31.2 Å². The van der Waals surface area contributed by atoms with Crippen LogP contribution in [0.5, 0.6) is 23.0 Å². The number of fused-ring (bicyclic) bond motifs is 4. The van der Waals surface area contributed by atoms with Gasteiger partial charge in [-0.3, -0.25) is 14.8 Å². The number of carboxylic acid groups (broad SMARTS) is 2. The Morgan fingerprint density at radius 3 is 1.43 bits per heavy atom. The number of hydrogen-bond donors (Lipinski definition) is 3. The molecule has 2 aromatic rings. The van der Waals surface area contributed by atoms with Crippen molar-refractivity contribution in [3.8, 4) is 23.0 Å². The first-order valence-electron chi connectivity index (χ1n) is 11.6. The number of ether oxygens (including phenoxy) is 4. The maximum Gasteiger partial charge on any atom is 1.00 e. The van der Waals surface area contributed by atoms with Gasteiger partial charge < -0.3 is 44.2 Å². The zero-order valence-corrected chi connectivity index (χ0v) is 27.2. The molecule has 0 unspecified atom stereocenters. The number of nitrogens with zero attached hydrogens (tertiary/aromatic N) is 2. The van der Waals surface area contributed by atoms with Gasteiger partial charge in [0.1, 0.15) is 13.2 Å². The third-order valence-electron chi connectivity index (χ3n) is 4.22. The van der Waals surface area contributed by atoms with Crippen LogP contribution in [0.3, 0.4) is 0 Å². The molecule has 214 valence electrons. The number of phenols is 2. The summed E-state index contributed by atoms with van der Waals surface area (Å²) in [4.78, 5) is 26.5. The molecule has 3 rings (SSSR count). The van der Waals surface area contributed by atoms with Crippen LogP contribution < -0.4 is 66.0 Å². The molecule has 0 amide bonds. The van der Waals surface area contributed by atoms with Crippen LogP contribution in [0.15, 0.2) is 46.4 Å². The zero-order valence-electron chi connectivity index (χ0n) is 22.8. The summed E-state index contributed by atoms with van der Waals surface area (Å²) >= 11 is 0. The number of aromatic hydroxyl groups is 2. The SMILES string of the molecule is CC(=O)O.CC(=O)[O-].Oc1c2cccc1OCCOCCOCCOc1cccc(c1O)C=NCCN=C2.[Cr].[K+]. The van der Waals surface area contributed by atoms with Crippen molar-refractivity contribution in [2.75, 3.05) is 52.7 Å². The van der Waals surface area contributed by atoms with E-state index in [4.69, 9.17) is 38.7 Å². The number of rotatable bonds is 0. The van der Waals surface area contributed by atoms with Crippen molar-refractivity contribution >= 4 is 24.4 Å². The molecule has 0 spiro atoms. The number of hydrogen-bond acceptors (Lipinski definition) is 11. The molecule has 0 fully saturated rings. The Hall–Kier alpha value is -1.99. The topological polar surface area (TPSA) is 180 Å². The molecule has 14 heteroatoms. The van der Waals surface area contributed by atoms with Gasteiger partial charge in [0.15, 0.2) is 23.0 Å². The zero-order chi connectivity index (χ0) is 28.2. The van der Waals surface area contributed by atoms with Gasteiger partial charge in [0.2, 0.25) is 0 Å². The molecule has 2 aromatic carbocycles. The van der Waals surface area contributed by atoms with Gasteiger partial charge in [0.05, 0.1) is 39.5 Å². The number of carbonyl (C=O) groups excluding carboxylic acids is 1. The minimum atomic E-state index is -1.08. The van der Waals surface area contributed by atoms with Crippen LogP contribution in [0.25, 0.3) is 0 Å². The third-order valence-corrected chi connectivity index (χ3v) is 4.22. The summed E-state index contributed by atoms with van der Waals surface area (Å²) in [5, 5.41) is 37.0. The van der Waals surface area contributed by atoms with Crippen molar-refractivity contribution in [2.24, 2.45) is 9.98 Å². The van der Waals surface area contributed by atoms with E-state index in [9.17, 15) is 10.2 Å². The summed E-state index contributed by atoms with van der Waals surface area (Å²) in [6.45, 7) is 5.11. The number of phenolic OH excluding ortho intramolecular Hbond substituents is 2. The van der Waals surface area contributed by atoms with Crippen LogP contribution in [-0.4, -0.2) is 92.4 Å². The van der Waals surface area contributed by atoms with Crippen LogP contribution >= 0.6 is 0 Å². The summed E-state index contributed by atoms with van der Waals surface area (Å²) in [6.07, 6.45) is 3.17. The summed E-state index contributed by atoms with van der Waals surface area (Å²) < 4.78 is 22.1. The fraction of sp³-hybridized carbons (Fsp3) is 0.385. The molecule has 0 radical (unpaired) electrons. The molecule has 40 heavy (non-hydrogen) atoms. The fourth-order valence-corrected chi connectivity index (χ4v) is 2.70. The molecule has 0 saturated heterocycles. The first-order valence-corrected chi connectivity index (χ1v) is 11.6. The summed E-state index contributed by atoms with van der Waals surface area (Å²) in [5.41, 5.74) is 1.13. The maximum atomic E-state index is 10.3. The van der Waals surface area contributed by atoms with Crippen LogP contribution in [0.2, 0.25) is 0 Å². The Bertz CT molecular complexity index is 978. The number of carbonyl (C=O) groups is 2. The molecule has 0 saturated carbocycles. The van der Waals surface area contributed by atoms with Gasteiger partial charge in [0, 0.05) is 53.8 Å². The molecule has 0 aromatic heterocycles. The molecule has 1 heterocycles. The van der Waals surface area contributed by atoms with E-state index in [1.807, 2.05) is 0 Å². The van der Waals surface area contributed by atoms with Crippen molar-refractivity contribution in [3.63, 3.8) is 0 Å². The van der Waals surface area contributed by atoms with Crippen LogP contribution in [0, 0.1) is 0 Å². The fourth-order valence-electron chi connectivity index (χ4n) is 2.70. The summed E-state index contributed by atoms with van der Waals surface area (Å²) in [5.74, 6) is -1.08. The average molecular weight is 625 g/mol. The Balaban J connectivity index is 0. The molecule has 4 bridgehead atoms. The Labute approximate surface area is 286 Å². The maximum absolute atomic E-state index is 10.3. The number of aliphatic imine (C=N–C) groups is 2. The molecule has 3 N–H and O–H groups in total. The van der Waals surface area contributed by atoms with Crippen molar-refractivity contribution in [1.82, 2.24) is 0 Å². The predicted molar refractivity (Wildman–Crippen MR) is 138 cm³/mol. The second-order valence-electron chi connectivity index (χ2n) is 7.39. The van der Waals surface area contributed by atoms with E-state index < -0.39 is 11.9 Å². The number of carboxylic acids is 2. The largest absolute Gasteiger partial charge is 1.00 e. The van der Waals surface area contributed by atoms with Crippen molar-refractivity contribution in [3.05, 3.63) is 47.5 Å². The van der Waals surface area contributed by atoms with Gasteiger partial charge in [-0.1, -0.05) is 12.1 Å². The minimum Gasteiger partial charge on any atom is -0.550 e. The second kappa shape index (κ2) is 24.8. The normalized spacial score (nSPS) is 13.7. The van der Waals surface area contributed by atoms with E-state index in [0.717, 1.165) is 13.8 Å². The summed E-state index contributed by atoms with van der Waals surface area (Å²) in [7, 11) is 0. The minimum absolute atomic E-state index is 0. The summed E-state index contributed by atoms with van der Waals surface area (Å²) in [6, 6.07) is 10.5. The number of benzene rings is 2. The molecule has 0 aliphatic carbocycles. The van der Waals surface area contributed by atoms with E-state index in [-0.39, 0.29) is 80.2 Å². The van der Waals surface area contributed by atoms with E-state index in [1.54, 1.807) is 48.8 Å². The molecule has 12 nitrogen and oxygen atoms in total. The predicted octanol–water partition coefficient (Wildman–Crippen LogP) is -1.71. The molecule has 1 aliphatic rings. The van der Waals surface area contributed by atoms with Gasteiger partial charge in [-0.15, -0.1) is 0 Å². The van der Waals surface area contributed by atoms with Gasteiger partial charge >= 0.3 is 51.4 Å². The Morgan fingerprint density at radius 1 is 0.750 bits per heavy atom. The average Bonchev–Trinajstić information content (AvgIpc) is 2.84.